The van der Waals surface area contributed by atoms with Crippen molar-refractivity contribution in [1.29, 1.82) is 0 Å². The third-order valence-electron chi connectivity index (χ3n) is 4.13. The summed E-state index contributed by atoms with van der Waals surface area (Å²) in [6.45, 7) is 4.40. The molecule has 0 aliphatic heterocycles. The predicted molar refractivity (Wildman–Crippen MR) is 94.6 cm³/mol. The highest BCUT2D eigenvalue weighted by Crippen LogP contribution is 2.20. The van der Waals surface area contributed by atoms with Crippen LogP contribution in [0.2, 0.25) is 0 Å². The largest absolute Gasteiger partial charge is 0.296 e. The molecule has 0 spiro atoms. The minimum absolute atomic E-state index is 0.419. The number of rotatable bonds is 8. The number of nitrogens with zero attached hydrogens (tertiary/aromatic N) is 1. The molecule has 0 N–H and O–H groups in total. The van der Waals surface area contributed by atoms with E-state index in [0.717, 1.165) is 32.4 Å². The molecule has 0 heterocycles. The summed E-state index contributed by atoms with van der Waals surface area (Å²) in [6.07, 6.45) is 8.38. The van der Waals surface area contributed by atoms with Gasteiger partial charge in [-0.25, -0.2) is 0 Å². The van der Waals surface area contributed by atoms with Gasteiger partial charge in [0.25, 0.3) is 0 Å². The third kappa shape index (κ3) is 5.06. The molecule has 0 aromatic heterocycles. The molecule has 114 valence electrons. The molecule has 0 radical (unpaired) electrons. The van der Waals surface area contributed by atoms with E-state index in [4.69, 9.17) is 6.42 Å². The Morgan fingerprint density at radius 3 is 2.23 bits per heavy atom. The van der Waals surface area contributed by atoms with Gasteiger partial charge >= 0.3 is 0 Å². The van der Waals surface area contributed by atoms with E-state index in [1.165, 1.54) is 11.1 Å². The number of unbranched alkanes of at least 4 members (excludes halogenated alkanes) is 1. The first-order valence-corrected chi connectivity index (χ1v) is 8.07. The number of hydrogen-bond donors (Lipinski definition) is 0. The van der Waals surface area contributed by atoms with Gasteiger partial charge in [-0.3, -0.25) is 4.90 Å². The zero-order chi connectivity index (χ0) is 15.6. The van der Waals surface area contributed by atoms with Gasteiger partial charge in [0.15, 0.2) is 0 Å². The molecule has 2 aromatic carbocycles. The van der Waals surface area contributed by atoms with Crippen molar-refractivity contribution in [3.63, 3.8) is 0 Å². The Hall–Kier alpha value is -2.04. The average Bonchev–Trinajstić information content (AvgIpc) is 2.59. The topological polar surface area (TPSA) is 3.24 Å². The Bertz CT molecular complexity index is 568. The van der Waals surface area contributed by atoms with Crippen molar-refractivity contribution in [3.05, 3.63) is 71.8 Å². The molecule has 1 heteroatoms. The van der Waals surface area contributed by atoms with Crippen molar-refractivity contribution < 1.29 is 0 Å². The molecule has 0 aliphatic carbocycles. The van der Waals surface area contributed by atoms with Gasteiger partial charge in [0.2, 0.25) is 0 Å². The first kappa shape index (κ1) is 16.3. The predicted octanol–water partition coefficient (Wildman–Crippen LogP) is 4.71. The van der Waals surface area contributed by atoms with E-state index in [2.05, 4.69) is 78.4 Å². The van der Waals surface area contributed by atoms with Crippen molar-refractivity contribution >= 4 is 0 Å². The van der Waals surface area contributed by atoms with Crippen LogP contribution in [0.15, 0.2) is 60.7 Å². The Morgan fingerprint density at radius 1 is 0.955 bits per heavy atom. The van der Waals surface area contributed by atoms with Crippen LogP contribution in [-0.4, -0.2) is 18.0 Å². The summed E-state index contributed by atoms with van der Waals surface area (Å²) >= 11 is 0. The Balaban J connectivity index is 2.00. The van der Waals surface area contributed by atoms with Crippen LogP contribution in [0.25, 0.3) is 0 Å². The van der Waals surface area contributed by atoms with Crippen molar-refractivity contribution in [2.45, 2.75) is 32.2 Å². The molecule has 1 atom stereocenters. The van der Waals surface area contributed by atoms with Crippen LogP contribution in [0, 0.1) is 12.3 Å². The summed E-state index contributed by atoms with van der Waals surface area (Å²) in [5, 5.41) is 0. The Kier molecular flexibility index (Phi) is 6.74. The van der Waals surface area contributed by atoms with E-state index in [1.807, 2.05) is 0 Å². The average molecular weight is 291 g/mol. The molecule has 0 saturated carbocycles. The van der Waals surface area contributed by atoms with E-state index in [1.54, 1.807) is 0 Å². The molecule has 22 heavy (non-hydrogen) atoms. The number of terminal acetylenes is 1. The highest BCUT2D eigenvalue weighted by atomic mass is 15.1. The van der Waals surface area contributed by atoms with Crippen LogP contribution in [0.3, 0.4) is 0 Å². The van der Waals surface area contributed by atoms with Crippen molar-refractivity contribution in [2.75, 3.05) is 13.1 Å². The molecular weight excluding hydrogens is 266 g/mol. The highest BCUT2D eigenvalue weighted by Gasteiger charge is 2.14. The fourth-order valence-electron chi connectivity index (χ4n) is 2.74. The second-order valence-corrected chi connectivity index (χ2v) is 5.67. The molecule has 2 aromatic rings. The fourth-order valence-corrected chi connectivity index (χ4v) is 2.74. The van der Waals surface area contributed by atoms with Gasteiger partial charge in [-0.05, 0) is 37.4 Å². The smallest absolute Gasteiger partial charge is 0.0320 e. The van der Waals surface area contributed by atoms with Crippen LogP contribution in [0.5, 0.6) is 0 Å². The van der Waals surface area contributed by atoms with E-state index in [-0.39, 0.29) is 0 Å². The molecule has 2 rings (SSSR count). The molecule has 1 unspecified atom stereocenters. The molecule has 0 fully saturated rings. The normalized spacial score (nSPS) is 12.0. The maximum atomic E-state index is 5.40. The fraction of sp³-hybridized carbons (Fsp3) is 0.333. The Morgan fingerprint density at radius 2 is 1.59 bits per heavy atom. The van der Waals surface area contributed by atoms with Crippen LogP contribution in [0.4, 0.5) is 0 Å². The van der Waals surface area contributed by atoms with Crippen molar-refractivity contribution in [3.8, 4) is 12.3 Å². The summed E-state index contributed by atoms with van der Waals surface area (Å²) < 4.78 is 0. The van der Waals surface area contributed by atoms with Gasteiger partial charge in [0, 0.05) is 19.0 Å². The van der Waals surface area contributed by atoms with Gasteiger partial charge in [-0.2, -0.15) is 0 Å². The van der Waals surface area contributed by atoms with Crippen LogP contribution >= 0.6 is 0 Å². The summed E-state index contributed by atoms with van der Waals surface area (Å²) in [7, 11) is 0. The Labute approximate surface area is 135 Å². The lowest BCUT2D eigenvalue weighted by atomic mass is 10.1. The monoisotopic (exact) mass is 291 g/mol. The lowest BCUT2D eigenvalue weighted by Crippen LogP contribution is -2.30. The molecule has 0 saturated heterocycles. The van der Waals surface area contributed by atoms with Crippen molar-refractivity contribution in [2.24, 2.45) is 0 Å². The van der Waals surface area contributed by atoms with Gasteiger partial charge in [0.05, 0.1) is 0 Å². The lowest BCUT2D eigenvalue weighted by molar-refractivity contribution is 0.211. The van der Waals surface area contributed by atoms with Crippen molar-refractivity contribution in [1.82, 2.24) is 4.90 Å². The third-order valence-corrected chi connectivity index (χ3v) is 4.13. The van der Waals surface area contributed by atoms with Crippen LogP contribution < -0.4 is 0 Å². The molecule has 0 amide bonds. The van der Waals surface area contributed by atoms with Gasteiger partial charge in [0.1, 0.15) is 0 Å². The molecule has 0 bridgehead atoms. The summed E-state index contributed by atoms with van der Waals surface area (Å²) in [4.78, 5) is 2.54. The molecular formula is C21H25N. The highest BCUT2D eigenvalue weighted by molar-refractivity contribution is 5.19. The quantitative estimate of drug-likeness (QED) is 0.503. The maximum absolute atomic E-state index is 5.40. The minimum Gasteiger partial charge on any atom is -0.296 e. The van der Waals surface area contributed by atoms with E-state index in [0.29, 0.717) is 6.04 Å². The summed E-state index contributed by atoms with van der Waals surface area (Å²) in [5.74, 6) is 2.75. The summed E-state index contributed by atoms with van der Waals surface area (Å²) in [5.41, 5.74) is 2.76. The second-order valence-electron chi connectivity index (χ2n) is 5.67. The van der Waals surface area contributed by atoms with Crippen LogP contribution in [0.1, 0.15) is 36.9 Å². The minimum atomic E-state index is 0.419. The lowest BCUT2D eigenvalue weighted by Gasteiger charge is -2.29. The number of hydrogen-bond acceptors (Lipinski definition) is 1. The molecule has 0 aliphatic rings. The van der Waals surface area contributed by atoms with Gasteiger partial charge in [-0.1, -0.05) is 60.7 Å². The van der Waals surface area contributed by atoms with Gasteiger partial charge in [-0.15, -0.1) is 12.3 Å². The standard InChI is InChI=1S/C21H25N/c1-3-4-11-17-22(18-16-20-12-7-5-8-13-20)19(2)21-14-9-6-10-15-21/h1,5-10,12-15,19H,4,11,16-18H2,2H3. The van der Waals surface area contributed by atoms with E-state index < -0.39 is 0 Å². The molecule has 1 nitrogen and oxygen atoms in total. The zero-order valence-corrected chi connectivity index (χ0v) is 13.4. The van der Waals surface area contributed by atoms with E-state index >= 15 is 0 Å². The van der Waals surface area contributed by atoms with Crippen LogP contribution in [-0.2, 0) is 6.42 Å². The first-order valence-electron chi connectivity index (χ1n) is 8.07. The maximum Gasteiger partial charge on any atom is 0.0320 e. The van der Waals surface area contributed by atoms with Gasteiger partial charge < -0.3 is 0 Å². The first-order chi connectivity index (χ1) is 10.8. The zero-order valence-electron chi connectivity index (χ0n) is 13.4. The van der Waals surface area contributed by atoms with E-state index in [9.17, 15) is 0 Å². The second kappa shape index (κ2) is 9.07. The number of benzene rings is 2. The summed E-state index contributed by atoms with van der Waals surface area (Å²) in [6, 6.07) is 21.8. The SMILES string of the molecule is C#CCCCN(CCc1ccccc1)C(C)c1ccccc1.